The highest BCUT2D eigenvalue weighted by atomic mass is 15.1. The van der Waals surface area contributed by atoms with Crippen LogP contribution in [0.3, 0.4) is 0 Å². The van der Waals surface area contributed by atoms with Crippen LogP contribution in [-0.2, 0) is 0 Å². The van der Waals surface area contributed by atoms with E-state index >= 15 is 0 Å². The fraction of sp³-hybridized carbons (Fsp3) is 0.929. The minimum atomic E-state index is 0.416. The zero-order chi connectivity index (χ0) is 13.8. The maximum Gasteiger partial charge on any atom is 0.188 e. The third-order valence-corrected chi connectivity index (χ3v) is 3.05. The van der Waals surface area contributed by atoms with Crippen LogP contribution in [-0.4, -0.2) is 44.1 Å². The lowest BCUT2D eigenvalue weighted by Gasteiger charge is -2.11. The number of nitrogens with one attached hydrogen (secondary N) is 1. The summed E-state index contributed by atoms with van der Waals surface area (Å²) in [6.45, 7) is 6.30. The van der Waals surface area contributed by atoms with Crippen molar-refractivity contribution < 1.29 is 0 Å². The fourth-order valence-corrected chi connectivity index (χ4v) is 1.67. The lowest BCUT2D eigenvalue weighted by molar-refractivity contribution is 0.390. The third-order valence-electron chi connectivity index (χ3n) is 3.05. The summed E-state index contributed by atoms with van der Waals surface area (Å²) in [5.74, 6) is 0.594. The van der Waals surface area contributed by atoms with E-state index in [2.05, 4.69) is 43.2 Å². The topological polar surface area (TPSA) is 53.6 Å². The zero-order valence-electron chi connectivity index (χ0n) is 12.7. The van der Waals surface area contributed by atoms with Crippen molar-refractivity contribution in [1.29, 1.82) is 0 Å². The van der Waals surface area contributed by atoms with Crippen LogP contribution >= 0.6 is 0 Å². The largest absolute Gasteiger partial charge is 0.370 e. The Balaban J connectivity index is 3.36. The second-order valence-corrected chi connectivity index (χ2v) is 5.29. The first-order valence-electron chi connectivity index (χ1n) is 7.27. The van der Waals surface area contributed by atoms with Crippen LogP contribution in [0.4, 0.5) is 0 Å². The Morgan fingerprint density at radius 3 is 2.39 bits per heavy atom. The molecular weight excluding hydrogens is 224 g/mol. The van der Waals surface area contributed by atoms with Crippen molar-refractivity contribution in [3.05, 3.63) is 0 Å². The molecule has 0 saturated heterocycles. The van der Waals surface area contributed by atoms with Gasteiger partial charge in [0.2, 0.25) is 0 Å². The molecule has 0 aliphatic rings. The summed E-state index contributed by atoms with van der Waals surface area (Å²) in [6.07, 6.45) is 7.40. The molecule has 4 nitrogen and oxygen atoms in total. The normalized spacial score (nSPS) is 13.9. The number of aliphatic imine (C=N–C) groups is 1. The Bertz CT molecular complexity index is 214. The predicted molar refractivity (Wildman–Crippen MR) is 81.0 cm³/mol. The van der Waals surface area contributed by atoms with Crippen LogP contribution in [0.15, 0.2) is 4.99 Å². The lowest BCUT2D eigenvalue weighted by atomic mass is 10.1. The average molecular weight is 256 g/mol. The molecule has 18 heavy (non-hydrogen) atoms. The van der Waals surface area contributed by atoms with E-state index in [0.717, 1.165) is 19.4 Å². The molecular formula is C14H32N4. The molecule has 0 radical (unpaired) electrons. The van der Waals surface area contributed by atoms with Gasteiger partial charge in [-0.1, -0.05) is 26.2 Å². The van der Waals surface area contributed by atoms with Crippen molar-refractivity contribution in [3.8, 4) is 0 Å². The summed E-state index contributed by atoms with van der Waals surface area (Å²) in [5, 5.41) is 3.18. The summed E-state index contributed by atoms with van der Waals surface area (Å²) >= 11 is 0. The molecule has 4 heteroatoms. The molecule has 0 spiro atoms. The average Bonchev–Trinajstić information content (AvgIpc) is 2.31. The quantitative estimate of drug-likeness (QED) is 0.358. The molecule has 0 aromatic carbocycles. The third kappa shape index (κ3) is 11.7. The first-order valence-corrected chi connectivity index (χ1v) is 7.27. The summed E-state index contributed by atoms with van der Waals surface area (Å²) in [6, 6.07) is 0.416. The molecule has 3 N–H and O–H groups in total. The Labute approximate surface area is 113 Å². The van der Waals surface area contributed by atoms with Gasteiger partial charge in [0.1, 0.15) is 0 Å². The van der Waals surface area contributed by atoms with Gasteiger partial charge >= 0.3 is 0 Å². The number of unbranched alkanes of at least 4 members (excludes halogenated alkanes) is 4. The van der Waals surface area contributed by atoms with E-state index in [1.807, 2.05) is 0 Å². The molecule has 0 heterocycles. The van der Waals surface area contributed by atoms with E-state index in [-0.39, 0.29) is 0 Å². The number of guanidine groups is 1. The van der Waals surface area contributed by atoms with Crippen molar-refractivity contribution in [1.82, 2.24) is 10.2 Å². The van der Waals surface area contributed by atoms with E-state index in [0.29, 0.717) is 12.0 Å². The van der Waals surface area contributed by atoms with Crippen molar-refractivity contribution in [2.45, 2.75) is 58.4 Å². The Morgan fingerprint density at radius 2 is 1.78 bits per heavy atom. The molecule has 0 aromatic heterocycles. The highest BCUT2D eigenvalue weighted by Crippen LogP contribution is 2.03. The highest BCUT2D eigenvalue weighted by Gasteiger charge is 1.98. The number of hydrogen-bond donors (Lipinski definition) is 2. The monoisotopic (exact) mass is 256 g/mol. The molecule has 0 bridgehead atoms. The molecule has 0 aromatic rings. The van der Waals surface area contributed by atoms with Crippen LogP contribution in [0, 0.1) is 0 Å². The maximum atomic E-state index is 5.78. The van der Waals surface area contributed by atoms with Crippen LogP contribution < -0.4 is 11.1 Å². The summed E-state index contributed by atoms with van der Waals surface area (Å²) in [7, 11) is 4.25. The standard InChI is InChI=1S/C14H32N4/c1-5-13(2)17-14(15)16-11-9-7-6-8-10-12-18(3)4/h13H,5-12H2,1-4H3,(H3,15,16,17). The second kappa shape index (κ2) is 11.3. The van der Waals surface area contributed by atoms with E-state index in [1.165, 1.54) is 32.2 Å². The molecule has 0 amide bonds. The van der Waals surface area contributed by atoms with Crippen LogP contribution in [0.2, 0.25) is 0 Å². The number of nitrogens with zero attached hydrogens (tertiary/aromatic N) is 2. The van der Waals surface area contributed by atoms with E-state index in [9.17, 15) is 0 Å². The van der Waals surface area contributed by atoms with Gasteiger partial charge in [0.25, 0.3) is 0 Å². The van der Waals surface area contributed by atoms with Gasteiger partial charge < -0.3 is 16.0 Å². The van der Waals surface area contributed by atoms with Crippen molar-refractivity contribution >= 4 is 5.96 Å². The SMILES string of the molecule is CCC(C)NC(N)=NCCCCCCCN(C)C. The van der Waals surface area contributed by atoms with Crippen LogP contribution in [0.25, 0.3) is 0 Å². The van der Waals surface area contributed by atoms with Gasteiger partial charge in [-0.3, -0.25) is 4.99 Å². The maximum absolute atomic E-state index is 5.78. The Hall–Kier alpha value is -0.770. The van der Waals surface area contributed by atoms with Crippen LogP contribution in [0.5, 0.6) is 0 Å². The Morgan fingerprint density at radius 1 is 1.17 bits per heavy atom. The molecule has 108 valence electrons. The van der Waals surface area contributed by atoms with E-state index in [4.69, 9.17) is 5.73 Å². The molecule has 0 aliphatic heterocycles. The van der Waals surface area contributed by atoms with Crippen molar-refractivity contribution in [2.24, 2.45) is 10.7 Å². The zero-order valence-corrected chi connectivity index (χ0v) is 12.7. The van der Waals surface area contributed by atoms with Gasteiger partial charge in [0, 0.05) is 12.6 Å². The van der Waals surface area contributed by atoms with Crippen molar-refractivity contribution in [3.63, 3.8) is 0 Å². The lowest BCUT2D eigenvalue weighted by Crippen LogP contribution is -2.38. The molecule has 1 atom stereocenters. The summed E-state index contributed by atoms with van der Waals surface area (Å²) < 4.78 is 0. The van der Waals surface area contributed by atoms with Crippen LogP contribution in [0.1, 0.15) is 52.4 Å². The van der Waals surface area contributed by atoms with Gasteiger partial charge in [-0.2, -0.15) is 0 Å². The first kappa shape index (κ1) is 17.2. The van der Waals surface area contributed by atoms with Gasteiger partial charge in [-0.15, -0.1) is 0 Å². The molecule has 1 unspecified atom stereocenters. The van der Waals surface area contributed by atoms with E-state index in [1.54, 1.807) is 0 Å². The predicted octanol–water partition coefficient (Wildman–Crippen LogP) is 2.20. The van der Waals surface area contributed by atoms with Gasteiger partial charge in [-0.25, -0.2) is 0 Å². The minimum Gasteiger partial charge on any atom is -0.370 e. The summed E-state index contributed by atoms with van der Waals surface area (Å²) in [5.41, 5.74) is 5.78. The molecule has 0 rings (SSSR count). The second-order valence-electron chi connectivity index (χ2n) is 5.29. The Kier molecular flexibility index (Phi) is 10.8. The van der Waals surface area contributed by atoms with Gasteiger partial charge in [0.15, 0.2) is 5.96 Å². The smallest absolute Gasteiger partial charge is 0.188 e. The minimum absolute atomic E-state index is 0.416. The number of rotatable bonds is 10. The number of hydrogen-bond acceptors (Lipinski definition) is 2. The number of nitrogens with two attached hydrogens (primary N) is 1. The molecule has 0 aliphatic carbocycles. The molecule has 0 fully saturated rings. The molecule has 0 saturated carbocycles. The van der Waals surface area contributed by atoms with Gasteiger partial charge in [-0.05, 0) is 46.8 Å². The first-order chi connectivity index (χ1) is 8.56. The summed E-state index contributed by atoms with van der Waals surface area (Å²) in [4.78, 5) is 6.57. The highest BCUT2D eigenvalue weighted by molar-refractivity contribution is 5.78. The van der Waals surface area contributed by atoms with Crippen molar-refractivity contribution in [2.75, 3.05) is 27.2 Å². The fourth-order valence-electron chi connectivity index (χ4n) is 1.67. The van der Waals surface area contributed by atoms with E-state index < -0.39 is 0 Å². The van der Waals surface area contributed by atoms with Gasteiger partial charge in [0.05, 0.1) is 0 Å².